The molecule has 1 amide bonds. The lowest BCUT2D eigenvalue weighted by atomic mass is 9.71. The highest BCUT2D eigenvalue weighted by molar-refractivity contribution is 6.31. The van der Waals surface area contributed by atoms with Crippen LogP contribution in [0.4, 0.5) is 4.79 Å². The van der Waals surface area contributed by atoms with Gasteiger partial charge in [0.05, 0.1) is 16.4 Å². The summed E-state index contributed by atoms with van der Waals surface area (Å²) in [6.07, 6.45) is 3.29. The van der Waals surface area contributed by atoms with E-state index in [-0.39, 0.29) is 17.4 Å². The van der Waals surface area contributed by atoms with Crippen molar-refractivity contribution in [2.45, 2.75) is 105 Å². The third-order valence-electron chi connectivity index (χ3n) is 6.23. The summed E-state index contributed by atoms with van der Waals surface area (Å²) in [5, 5.41) is 7.65. The van der Waals surface area contributed by atoms with Crippen LogP contribution in [0.5, 0.6) is 0 Å². The van der Waals surface area contributed by atoms with Crippen LogP contribution < -0.4 is 0 Å². The molecule has 7 heteroatoms. The normalized spacial score (nSPS) is 18.3. The monoisotopic (exact) mass is 498 g/mol. The Labute approximate surface area is 212 Å². The third kappa shape index (κ3) is 7.42. The van der Waals surface area contributed by atoms with Crippen LogP contribution in [-0.4, -0.2) is 53.2 Å². The van der Waals surface area contributed by atoms with Gasteiger partial charge in [0.15, 0.2) is 0 Å². The van der Waals surface area contributed by atoms with E-state index in [4.69, 9.17) is 26.4 Å². The number of rotatable bonds is 2. The lowest BCUT2D eigenvalue weighted by molar-refractivity contribution is -0.115. The number of aromatic nitrogens is 1. The fourth-order valence-electron chi connectivity index (χ4n) is 4.51. The van der Waals surface area contributed by atoms with Crippen molar-refractivity contribution in [2.24, 2.45) is 5.41 Å². The lowest BCUT2D eigenvalue weighted by Crippen LogP contribution is -2.46. The summed E-state index contributed by atoms with van der Waals surface area (Å²) < 4.78 is 5.53. The van der Waals surface area contributed by atoms with Crippen LogP contribution in [0.15, 0.2) is 6.07 Å². The maximum absolute atomic E-state index is 12.5. The van der Waals surface area contributed by atoms with E-state index in [1.54, 1.807) is 4.90 Å². The molecule has 2 heterocycles. The van der Waals surface area contributed by atoms with Gasteiger partial charge >= 0.3 is 6.09 Å². The van der Waals surface area contributed by atoms with E-state index in [0.717, 1.165) is 49.6 Å². The van der Waals surface area contributed by atoms with E-state index in [1.807, 2.05) is 75.3 Å². The number of carbonyl (C=O) groups excluding carboxylic acids is 2. The molecule has 1 unspecified atom stereocenters. The molecule has 0 saturated carbocycles. The second kappa shape index (κ2) is 13.4. The number of aryl methyl sites for hydroxylation is 1. The quantitative estimate of drug-likeness (QED) is 0.459. The first-order valence-corrected chi connectivity index (χ1v) is 12.8. The SMILES string of the molecule is CC.CC.CO.Cc1nc2c(cc1Cl)C(C(C)(C)C=O)CC21CCN(C(=O)OC(C)(C)C)CC1. The molecule has 196 valence electrons. The molecule has 1 aromatic rings. The lowest BCUT2D eigenvalue weighted by Gasteiger charge is -2.40. The van der Waals surface area contributed by atoms with E-state index in [2.05, 4.69) is 0 Å². The number of pyridine rings is 1. The topological polar surface area (TPSA) is 79.7 Å². The van der Waals surface area contributed by atoms with Crippen LogP contribution in [0.3, 0.4) is 0 Å². The number of nitrogens with zero attached hydrogens (tertiary/aromatic N) is 2. The van der Waals surface area contributed by atoms with Crippen molar-refractivity contribution in [3.8, 4) is 0 Å². The van der Waals surface area contributed by atoms with Crippen LogP contribution in [0, 0.1) is 12.3 Å². The van der Waals surface area contributed by atoms with Crippen LogP contribution in [-0.2, 0) is 14.9 Å². The van der Waals surface area contributed by atoms with Crippen LogP contribution >= 0.6 is 11.6 Å². The molecule has 1 fully saturated rings. The number of ether oxygens (including phenoxy) is 1. The van der Waals surface area contributed by atoms with Crippen LogP contribution in [0.25, 0.3) is 0 Å². The predicted molar refractivity (Wildman–Crippen MR) is 141 cm³/mol. The molecular weight excluding hydrogens is 452 g/mol. The molecular formula is C27H47ClN2O4. The maximum Gasteiger partial charge on any atom is 0.410 e. The number of fused-ring (bicyclic) bond motifs is 2. The third-order valence-corrected chi connectivity index (χ3v) is 6.61. The van der Waals surface area contributed by atoms with Gasteiger partial charge in [-0.3, -0.25) is 4.98 Å². The first kappa shape index (κ1) is 32.3. The van der Waals surface area contributed by atoms with Gasteiger partial charge in [0.25, 0.3) is 0 Å². The fourth-order valence-corrected chi connectivity index (χ4v) is 4.67. The first-order chi connectivity index (χ1) is 15.9. The molecule has 0 radical (unpaired) electrons. The Hall–Kier alpha value is -1.66. The zero-order chi connectivity index (χ0) is 26.9. The molecule has 1 aliphatic heterocycles. The summed E-state index contributed by atoms with van der Waals surface area (Å²) in [5.41, 5.74) is 1.88. The Kier molecular flexibility index (Phi) is 12.8. The summed E-state index contributed by atoms with van der Waals surface area (Å²) in [6, 6.07) is 2.00. The number of piperidine rings is 1. The largest absolute Gasteiger partial charge is 0.444 e. The molecule has 1 atom stereocenters. The Balaban J connectivity index is 0.00000168. The average molecular weight is 499 g/mol. The molecule has 0 bridgehead atoms. The molecule has 6 nitrogen and oxygen atoms in total. The van der Waals surface area contributed by atoms with Gasteiger partial charge in [0, 0.05) is 31.0 Å². The molecule has 1 spiro atoms. The highest BCUT2D eigenvalue weighted by Gasteiger charge is 2.51. The smallest absolute Gasteiger partial charge is 0.410 e. The van der Waals surface area contributed by atoms with Crippen molar-refractivity contribution in [1.82, 2.24) is 9.88 Å². The van der Waals surface area contributed by atoms with Gasteiger partial charge in [-0.05, 0) is 64.5 Å². The molecule has 1 aromatic heterocycles. The summed E-state index contributed by atoms with van der Waals surface area (Å²) in [7, 11) is 1.00. The molecule has 2 aliphatic rings. The Morgan fingerprint density at radius 1 is 1.15 bits per heavy atom. The van der Waals surface area contributed by atoms with Crippen molar-refractivity contribution in [3.05, 3.63) is 28.0 Å². The van der Waals surface area contributed by atoms with Crippen molar-refractivity contribution in [3.63, 3.8) is 0 Å². The number of likely N-dealkylation sites (tertiary alicyclic amines) is 1. The molecule has 0 aromatic carbocycles. The minimum absolute atomic E-state index is 0.0821. The second-order valence-electron chi connectivity index (χ2n) is 9.94. The van der Waals surface area contributed by atoms with Gasteiger partial charge in [-0.25, -0.2) is 4.79 Å². The van der Waals surface area contributed by atoms with Gasteiger partial charge in [0.2, 0.25) is 0 Å². The summed E-state index contributed by atoms with van der Waals surface area (Å²) >= 11 is 6.38. The number of amides is 1. The van der Waals surface area contributed by atoms with Crippen molar-refractivity contribution in [1.29, 1.82) is 0 Å². The number of halogens is 1. The average Bonchev–Trinajstić information content (AvgIpc) is 3.11. The van der Waals surface area contributed by atoms with Gasteiger partial charge in [0.1, 0.15) is 11.9 Å². The highest BCUT2D eigenvalue weighted by atomic mass is 35.5. The standard InChI is InChI=1S/C22H31ClN2O3.2C2H6.CH4O/c1-14-17(23)11-15-16(21(5,6)13-26)12-22(18(15)24-14)7-9-25(10-8-22)19(27)28-20(2,3)4;3*1-2/h11,13,16H,7-10,12H2,1-6H3;2*1-2H3;2H,1H3. The fraction of sp³-hybridized carbons (Fsp3) is 0.741. The number of aliphatic hydroxyl groups is 1. The molecule has 1 aliphatic carbocycles. The minimum atomic E-state index is -0.499. The van der Waals surface area contributed by atoms with Crippen LogP contribution in [0.2, 0.25) is 5.02 Å². The van der Waals surface area contributed by atoms with E-state index in [9.17, 15) is 9.59 Å². The van der Waals surface area contributed by atoms with Gasteiger partial charge in [-0.15, -0.1) is 0 Å². The Morgan fingerprint density at radius 3 is 2.09 bits per heavy atom. The molecule has 1 saturated heterocycles. The molecule has 3 rings (SSSR count). The number of aliphatic hydroxyl groups excluding tert-OH is 1. The van der Waals surface area contributed by atoms with E-state index in [1.165, 1.54) is 0 Å². The van der Waals surface area contributed by atoms with E-state index >= 15 is 0 Å². The van der Waals surface area contributed by atoms with Crippen molar-refractivity contribution in [2.75, 3.05) is 20.2 Å². The zero-order valence-electron chi connectivity index (χ0n) is 23.2. The van der Waals surface area contributed by atoms with Gasteiger partial charge in [-0.2, -0.15) is 0 Å². The van der Waals surface area contributed by atoms with Gasteiger partial charge in [-0.1, -0.05) is 53.1 Å². The molecule has 34 heavy (non-hydrogen) atoms. The summed E-state index contributed by atoms with van der Waals surface area (Å²) in [5.74, 6) is 0.0821. The zero-order valence-corrected chi connectivity index (χ0v) is 24.0. The maximum atomic E-state index is 12.5. The van der Waals surface area contributed by atoms with Crippen molar-refractivity contribution < 1.29 is 19.4 Å². The molecule has 1 N–H and O–H groups in total. The minimum Gasteiger partial charge on any atom is -0.444 e. The number of hydrogen-bond acceptors (Lipinski definition) is 5. The van der Waals surface area contributed by atoms with Crippen molar-refractivity contribution >= 4 is 24.0 Å². The number of aldehydes is 1. The predicted octanol–water partition coefficient (Wildman–Crippen LogP) is 6.69. The highest BCUT2D eigenvalue weighted by Crippen LogP contribution is 2.56. The van der Waals surface area contributed by atoms with Gasteiger partial charge < -0.3 is 19.5 Å². The van der Waals surface area contributed by atoms with Crippen LogP contribution in [0.1, 0.15) is 104 Å². The summed E-state index contributed by atoms with van der Waals surface area (Å²) in [4.78, 5) is 30.9. The summed E-state index contributed by atoms with van der Waals surface area (Å²) in [6.45, 7) is 20.8. The number of hydrogen-bond donors (Lipinski definition) is 1. The Morgan fingerprint density at radius 2 is 1.65 bits per heavy atom. The second-order valence-corrected chi connectivity index (χ2v) is 10.3. The number of carbonyl (C=O) groups is 2. The Bertz CT molecular complexity index is 795. The van der Waals surface area contributed by atoms with E-state index < -0.39 is 11.0 Å². The van der Waals surface area contributed by atoms with E-state index in [0.29, 0.717) is 18.1 Å². The first-order valence-electron chi connectivity index (χ1n) is 12.4.